The van der Waals surface area contributed by atoms with Crippen LogP contribution >= 0.6 is 23.2 Å². The van der Waals surface area contributed by atoms with Gasteiger partial charge in [-0.05, 0) is 54.9 Å². The number of methoxy groups -OCH3 is 1. The van der Waals surface area contributed by atoms with Gasteiger partial charge in [0.2, 0.25) is 5.91 Å². The molecule has 0 aromatic heterocycles. The lowest BCUT2D eigenvalue weighted by Gasteiger charge is -2.08. The van der Waals surface area contributed by atoms with Gasteiger partial charge in [0, 0.05) is 5.69 Å². The number of rotatable bonds is 7. The van der Waals surface area contributed by atoms with Gasteiger partial charge < -0.3 is 15.4 Å². The summed E-state index contributed by atoms with van der Waals surface area (Å²) in [7, 11) is 1.32. The molecular weight excluding hydrogens is 363 g/mol. The molecule has 0 fully saturated rings. The molecule has 25 heavy (non-hydrogen) atoms. The van der Waals surface area contributed by atoms with Crippen LogP contribution < -0.4 is 10.6 Å². The number of amides is 1. The van der Waals surface area contributed by atoms with Crippen LogP contribution in [0.25, 0.3) is 0 Å². The Bertz CT molecular complexity index is 748. The molecule has 0 saturated heterocycles. The van der Waals surface area contributed by atoms with Crippen molar-refractivity contribution < 1.29 is 14.3 Å². The number of ether oxygens (including phenoxy) is 1. The minimum Gasteiger partial charge on any atom is -0.465 e. The molecule has 2 aromatic carbocycles. The van der Waals surface area contributed by atoms with Crippen LogP contribution in [-0.4, -0.2) is 32.1 Å². The highest BCUT2D eigenvalue weighted by molar-refractivity contribution is 6.42. The van der Waals surface area contributed by atoms with Crippen LogP contribution in [0, 0.1) is 0 Å². The van der Waals surface area contributed by atoms with Gasteiger partial charge in [-0.15, -0.1) is 0 Å². The number of anilines is 1. The molecule has 0 saturated carbocycles. The van der Waals surface area contributed by atoms with Gasteiger partial charge in [0.05, 0.1) is 29.3 Å². The topological polar surface area (TPSA) is 67.4 Å². The maximum absolute atomic E-state index is 11.9. The van der Waals surface area contributed by atoms with Gasteiger partial charge in [0.15, 0.2) is 0 Å². The van der Waals surface area contributed by atoms with Gasteiger partial charge in [-0.2, -0.15) is 0 Å². The van der Waals surface area contributed by atoms with Crippen LogP contribution in [0.2, 0.25) is 10.0 Å². The molecular formula is C18H18Cl2N2O3. The Morgan fingerprint density at radius 1 is 1.04 bits per heavy atom. The summed E-state index contributed by atoms with van der Waals surface area (Å²) in [6.07, 6.45) is 0.734. The lowest BCUT2D eigenvalue weighted by atomic mass is 10.1. The molecule has 0 unspecified atom stereocenters. The van der Waals surface area contributed by atoms with Crippen molar-refractivity contribution in [2.45, 2.75) is 6.42 Å². The van der Waals surface area contributed by atoms with E-state index in [-0.39, 0.29) is 12.5 Å². The smallest absolute Gasteiger partial charge is 0.337 e. The molecule has 132 valence electrons. The number of carbonyl (C=O) groups is 2. The highest BCUT2D eigenvalue weighted by Gasteiger charge is 2.06. The first-order valence-corrected chi connectivity index (χ1v) is 8.38. The summed E-state index contributed by atoms with van der Waals surface area (Å²) in [6.45, 7) is 0.812. The van der Waals surface area contributed by atoms with Crippen LogP contribution in [0.1, 0.15) is 15.9 Å². The van der Waals surface area contributed by atoms with E-state index in [2.05, 4.69) is 15.4 Å². The minimum atomic E-state index is -0.415. The quantitative estimate of drug-likeness (QED) is 0.569. The molecule has 5 nitrogen and oxygen atoms in total. The predicted octanol–water partition coefficient (Wildman–Crippen LogP) is 3.55. The molecule has 7 heteroatoms. The zero-order valence-corrected chi connectivity index (χ0v) is 15.2. The predicted molar refractivity (Wildman–Crippen MR) is 99.4 cm³/mol. The van der Waals surface area contributed by atoms with Gasteiger partial charge in [-0.1, -0.05) is 29.3 Å². The van der Waals surface area contributed by atoms with Crippen LogP contribution in [0.5, 0.6) is 0 Å². The molecule has 0 spiro atoms. The molecule has 2 N–H and O–H groups in total. The van der Waals surface area contributed by atoms with Gasteiger partial charge in [-0.25, -0.2) is 4.79 Å². The van der Waals surface area contributed by atoms with Crippen LogP contribution in [0.15, 0.2) is 42.5 Å². The highest BCUT2D eigenvalue weighted by Crippen LogP contribution is 2.22. The van der Waals surface area contributed by atoms with Crippen LogP contribution in [0.3, 0.4) is 0 Å². The SMILES string of the molecule is COC(=O)c1ccc(NC(=O)CNCCc2ccc(Cl)c(Cl)c2)cc1. The maximum atomic E-state index is 11.9. The van der Waals surface area contributed by atoms with Crippen molar-refractivity contribution in [2.75, 3.05) is 25.5 Å². The fraction of sp³-hybridized carbons (Fsp3) is 0.222. The first-order chi connectivity index (χ1) is 12.0. The lowest BCUT2D eigenvalue weighted by Crippen LogP contribution is -2.29. The Labute approximate surface area is 156 Å². The van der Waals surface area contributed by atoms with Crippen molar-refractivity contribution in [3.8, 4) is 0 Å². The first-order valence-electron chi connectivity index (χ1n) is 7.62. The zero-order valence-electron chi connectivity index (χ0n) is 13.6. The Hall–Kier alpha value is -2.08. The van der Waals surface area contributed by atoms with Crippen molar-refractivity contribution in [3.63, 3.8) is 0 Å². The van der Waals surface area contributed by atoms with E-state index in [0.717, 1.165) is 12.0 Å². The second-order valence-electron chi connectivity index (χ2n) is 5.29. The fourth-order valence-corrected chi connectivity index (χ4v) is 2.46. The third-order valence-corrected chi connectivity index (χ3v) is 4.19. The number of hydrogen-bond donors (Lipinski definition) is 2. The Kier molecular flexibility index (Phi) is 7.25. The fourth-order valence-electron chi connectivity index (χ4n) is 2.14. The van der Waals surface area contributed by atoms with Gasteiger partial charge in [0.25, 0.3) is 0 Å². The summed E-state index contributed by atoms with van der Waals surface area (Å²) in [5.74, 6) is -0.582. The zero-order chi connectivity index (χ0) is 18.2. The second-order valence-corrected chi connectivity index (χ2v) is 6.11. The van der Waals surface area contributed by atoms with E-state index < -0.39 is 5.97 Å². The van der Waals surface area contributed by atoms with Crippen molar-refractivity contribution in [1.29, 1.82) is 0 Å². The van der Waals surface area contributed by atoms with E-state index in [1.807, 2.05) is 12.1 Å². The average Bonchev–Trinajstić information content (AvgIpc) is 2.61. The van der Waals surface area contributed by atoms with Gasteiger partial charge in [-0.3, -0.25) is 4.79 Å². The molecule has 0 heterocycles. The molecule has 0 aliphatic rings. The third kappa shape index (κ3) is 6.05. The average molecular weight is 381 g/mol. The Morgan fingerprint density at radius 2 is 1.76 bits per heavy atom. The number of esters is 1. The molecule has 1 amide bonds. The van der Waals surface area contributed by atoms with E-state index >= 15 is 0 Å². The molecule has 0 atom stereocenters. The number of carbonyl (C=O) groups excluding carboxylic acids is 2. The van der Waals surface area contributed by atoms with Crippen molar-refractivity contribution >= 4 is 40.8 Å². The highest BCUT2D eigenvalue weighted by atomic mass is 35.5. The largest absolute Gasteiger partial charge is 0.465 e. The van der Waals surface area contributed by atoms with Crippen LogP contribution in [0.4, 0.5) is 5.69 Å². The summed E-state index contributed by atoms with van der Waals surface area (Å²) in [5.41, 5.74) is 2.09. The number of halogens is 2. The monoisotopic (exact) mass is 380 g/mol. The lowest BCUT2D eigenvalue weighted by molar-refractivity contribution is -0.115. The van der Waals surface area contributed by atoms with Crippen molar-refractivity contribution in [3.05, 3.63) is 63.6 Å². The summed E-state index contributed by atoms with van der Waals surface area (Å²) in [6, 6.07) is 12.0. The van der Waals surface area contributed by atoms with E-state index in [1.165, 1.54) is 7.11 Å². The summed E-state index contributed by atoms with van der Waals surface area (Å²) < 4.78 is 4.62. The van der Waals surface area contributed by atoms with E-state index in [9.17, 15) is 9.59 Å². The number of hydrogen-bond acceptors (Lipinski definition) is 4. The van der Waals surface area contributed by atoms with E-state index in [1.54, 1.807) is 30.3 Å². The van der Waals surface area contributed by atoms with E-state index in [4.69, 9.17) is 23.2 Å². The second kappa shape index (κ2) is 9.42. The van der Waals surface area contributed by atoms with E-state index in [0.29, 0.717) is 27.8 Å². The Morgan fingerprint density at radius 3 is 2.40 bits per heavy atom. The molecule has 0 aliphatic heterocycles. The summed E-state index contributed by atoms with van der Waals surface area (Å²) in [4.78, 5) is 23.2. The van der Waals surface area contributed by atoms with Gasteiger partial charge >= 0.3 is 5.97 Å². The number of benzene rings is 2. The third-order valence-electron chi connectivity index (χ3n) is 3.45. The summed E-state index contributed by atoms with van der Waals surface area (Å²) in [5, 5.41) is 6.86. The molecule has 2 aromatic rings. The number of nitrogens with one attached hydrogen (secondary N) is 2. The maximum Gasteiger partial charge on any atom is 0.337 e. The first kappa shape index (κ1) is 19.2. The molecule has 0 aliphatic carbocycles. The molecule has 0 bridgehead atoms. The van der Waals surface area contributed by atoms with Gasteiger partial charge in [0.1, 0.15) is 0 Å². The Balaban J connectivity index is 1.73. The normalized spacial score (nSPS) is 10.4. The minimum absolute atomic E-state index is 0.167. The van der Waals surface area contributed by atoms with Crippen molar-refractivity contribution in [1.82, 2.24) is 5.32 Å². The van der Waals surface area contributed by atoms with Crippen molar-refractivity contribution in [2.24, 2.45) is 0 Å². The molecule has 2 rings (SSSR count). The van der Waals surface area contributed by atoms with Crippen LogP contribution in [-0.2, 0) is 16.0 Å². The summed E-state index contributed by atoms with van der Waals surface area (Å²) >= 11 is 11.8. The molecule has 0 radical (unpaired) electrons. The standard InChI is InChI=1S/C18H18Cl2N2O3/c1-25-18(24)13-3-5-14(6-4-13)22-17(23)11-21-9-8-12-2-7-15(19)16(20)10-12/h2-7,10,21H,8-9,11H2,1H3,(H,22,23).